The van der Waals surface area contributed by atoms with Crippen molar-refractivity contribution in [2.75, 3.05) is 18.6 Å². The smallest absolute Gasteiger partial charge is 0.248 e. The van der Waals surface area contributed by atoms with E-state index in [2.05, 4.69) is 0 Å². The molecule has 1 aliphatic heterocycles. The fourth-order valence-corrected chi connectivity index (χ4v) is 3.79. The van der Waals surface area contributed by atoms with Crippen LogP contribution in [0.2, 0.25) is 0 Å². The summed E-state index contributed by atoms with van der Waals surface area (Å²) in [6.45, 7) is 0.878. The van der Waals surface area contributed by atoms with E-state index < -0.39 is 5.91 Å². The Balaban J connectivity index is 0.000000177. The number of para-hydroxylation sites is 1. The lowest BCUT2D eigenvalue weighted by Crippen LogP contribution is -2.35. The van der Waals surface area contributed by atoms with Crippen LogP contribution in [0.3, 0.4) is 0 Å². The summed E-state index contributed by atoms with van der Waals surface area (Å²) in [5.41, 5.74) is 6.72. The van der Waals surface area contributed by atoms with Gasteiger partial charge in [0.25, 0.3) is 0 Å². The lowest BCUT2D eigenvalue weighted by atomic mass is 10.1. The van der Waals surface area contributed by atoms with Gasteiger partial charge in [-0.1, -0.05) is 18.2 Å². The average molecular weight is 411 g/mol. The lowest BCUT2D eigenvalue weighted by Gasteiger charge is -2.26. The van der Waals surface area contributed by atoms with Gasteiger partial charge in [0.2, 0.25) is 11.8 Å². The molecule has 1 aliphatic carbocycles. The zero-order valence-electron chi connectivity index (χ0n) is 17.5. The van der Waals surface area contributed by atoms with Crippen molar-refractivity contribution in [3.8, 4) is 11.5 Å². The molecule has 6 heteroatoms. The van der Waals surface area contributed by atoms with Crippen molar-refractivity contribution in [2.24, 2.45) is 5.73 Å². The molecule has 2 fully saturated rings. The van der Waals surface area contributed by atoms with Crippen LogP contribution < -0.4 is 20.1 Å². The number of benzene rings is 2. The zero-order chi connectivity index (χ0) is 21.3. The van der Waals surface area contributed by atoms with Gasteiger partial charge >= 0.3 is 0 Å². The molecule has 0 aromatic heterocycles. The van der Waals surface area contributed by atoms with Gasteiger partial charge in [-0.3, -0.25) is 9.59 Å². The van der Waals surface area contributed by atoms with Crippen LogP contribution in [0, 0.1) is 0 Å². The summed E-state index contributed by atoms with van der Waals surface area (Å²) in [5.74, 6) is 1.05. The standard InChI is InChI=1S/C13H17NO3.C11H13NO/c1-16-11-7-6-9(13(14)15)8-12(11)17-10-4-2-3-5-10;13-11-8-4-5-9-12(11)10-6-2-1-3-7-10/h6-8,10H,2-5H2,1H3,(H2,14,15);1-3,6-7H,4-5,8-9H2. The summed E-state index contributed by atoms with van der Waals surface area (Å²) in [4.78, 5) is 24.5. The maximum absolute atomic E-state index is 11.5. The normalized spacial score (nSPS) is 16.6. The molecule has 1 heterocycles. The van der Waals surface area contributed by atoms with Crippen LogP contribution in [0.25, 0.3) is 0 Å². The van der Waals surface area contributed by atoms with E-state index in [4.69, 9.17) is 15.2 Å². The molecule has 160 valence electrons. The maximum Gasteiger partial charge on any atom is 0.248 e. The maximum atomic E-state index is 11.5. The molecule has 4 rings (SSSR count). The fraction of sp³-hybridized carbons (Fsp3) is 0.417. The predicted octanol–water partition coefficient (Wildman–Crippen LogP) is 4.32. The molecule has 30 heavy (non-hydrogen) atoms. The number of methoxy groups -OCH3 is 1. The number of primary amides is 1. The van der Waals surface area contributed by atoms with Crippen LogP contribution in [0.4, 0.5) is 5.69 Å². The van der Waals surface area contributed by atoms with Gasteiger partial charge in [-0.05, 0) is 68.9 Å². The summed E-state index contributed by atoms with van der Waals surface area (Å²) in [5, 5.41) is 0. The van der Waals surface area contributed by atoms with Crippen LogP contribution in [0.1, 0.15) is 55.3 Å². The van der Waals surface area contributed by atoms with Gasteiger partial charge in [0.15, 0.2) is 11.5 Å². The number of nitrogens with two attached hydrogens (primary N) is 1. The highest BCUT2D eigenvalue weighted by molar-refractivity contribution is 5.94. The number of hydrogen-bond donors (Lipinski definition) is 1. The molecule has 0 unspecified atom stereocenters. The number of rotatable bonds is 5. The van der Waals surface area contributed by atoms with Crippen molar-refractivity contribution in [2.45, 2.75) is 51.0 Å². The van der Waals surface area contributed by atoms with E-state index >= 15 is 0 Å². The summed E-state index contributed by atoms with van der Waals surface area (Å²) < 4.78 is 11.1. The third kappa shape index (κ3) is 5.75. The second-order valence-corrected chi connectivity index (χ2v) is 7.59. The van der Waals surface area contributed by atoms with E-state index in [0.29, 0.717) is 23.5 Å². The zero-order valence-corrected chi connectivity index (χ0v) is 17.5. The Morgan fingerprint density at radius 2 is 1.73 bits per heavy atom. The number of nitrogens with zero attached hydrogens (tertiary/aromatic N) is 1. The molecule has 1 saturated heterocycles. The highest BCUT2D eigenvalue weighted by Crippen LogP contribution is 2.32. The second kappa shape index (κ2) is 10.7. The van der Waals surface area contributed by atoms with Gasteiger partial charge in [0, 0.05) is 24.2 Å². The van der Waals surface area contributed by atoms with Crippen LogP contribution in [0.15, 0.2) is 48.5 Å². The Morgan fingerprint density at radius 3 is 2.37 bits per heavy atom. The van der Waals surface area contributed by atoms with Crippen LogP contribution >= 0.6 is 0 Å². The molecular formula is C24H30N2O4. The number of carbonyl (C=O) groups excluding carboxylic acids is 2. The quantitative estimate of drug-likeness (QED) is 0.796. The molecule has 2 aliphatic rings. The van der Waals surface area contributed by atoms with Gasteiger partial charge in [-0.25, -0.2) is 0 Å². The van der Waals surface area contributed by atoms with Crippen molar-refractivity contribution < 1.29 is 19.1 Å². The summed E-state index contributed by atoms with van der Waals surface area (Å²) >= 11 is 0. The predicted molar refractivity (Wildman–Crippen MR) is 117 cm³/mol. The van der Waals surface area contributed by atoms with E-state index in [-0.39, 0.29) is 12.0 Å². The van der Waals surface area contributed by atoms with Crippen molar-refractivity contribution in [1.29, 1.82) is 0 Å². The van der Waals surface area contributed by atoms with Crippen molar-refractivity contribution in [3.05, 3.63) is 54.1 Å². The number of piperidine rings is 1. The number of ether oxygens (including phenoxy) is 2. The molecule has 2 amide bonds. The first-order valence-electron chi connectivity index (χ1n) is 10.6. The highest BCUT2D eigenvalue weighted by atomic mass is 16.5. The van der Waals surface area contributed by atoms with Gasteiger partial charge in [-0.15, -0.1) is 0 Å². The number of amides is 2. The Kier molecular flexibility index (Phi) is 7.71. The summed E-state index contributed by atoms with van der Waals surface area (Å²) in [7, 11) is 1.58. The van der Waals surface area contributed by atoms with E-state index in [1.165, 1.54) is 12.8 Å². The lowest BCUT2D eigenvalue weighted by molar-refractivity contribution is -0.119. The number of hydrogen-bond acceptors (Lipinski definition) is 4. The SMILES string of the molecule is COc1ccc(C(N)=O)cc1OC1CCCC1.O=C1CCCCN1c1ccccc1. The van der Waals surface area contributed by atoms with E-state index in [0.717, 1.165) is 37.9 Å². The van der Waals surface area contributed by atoms with Crippen molar-refractivity contribution in [1.82, 2.24) is 0 Å². The molecule has 0 atom stereocenters. The minimum atomic E-state index is -0.455. The first kappa shape index (κ1) is 21.7. The molecule has 2 aromatic rings. The molecular weight excluding hydrogens is 380 g/mol. The van der Waals surface area contributed by atoms with E-state index in [1.54, 1.807) is 25.3 Å². The number of anilines is 1. The van der Waals surface area contributed by atoms with Gasteiger partial charge in [0.05, 0.1) is 13.2 Å². The molecule has 0 spiro atoms. The van der Waals surface area contributed by atoms with Gasteiger partial charge < -0.3 is 20.1 Å². The molecule has 1 saturated carbocycles. The van der Waals surface area contributed by atoms with Crippen molar-refractivity contribution >= 4 is 17.5 Å². The van der Waals surface area contributed by atoms with E-state index in [1.807, 2.05) is 35.2 Å². The Morgan fingerprint density at radius 1 is 1.00 bits per heavy atom. The second-order valence-electron chi connectivity index (χ2n) is 7.59. The average Bonchev–Trinajstić information content (AvgIpc) is 3.28. The van der Waals surface area contributed by atoms with Gasteiger partial charge in [-0.2, -0.15) is 0 Å². The largest absolute Gasteiger partial charge is 0.493 e. The summed E-state index contributed by atoms with van der Waals surface area (Å²) in [6.07, 6.45) is 7.61. The highest BCUT2D eigenvalue weighted by Gasteiger charge is 2.20. The number of carbonyl (C=O) groups is 2. The minimum Gasteiger partial charge on any atom is -0.493 e. The molecule has 2 aromatic carbocycles. The third-order valence-corrected chi connectivity index (χ3v) is 5.44. The fourth-order valence-electron chi connectivity index (χ4n) is 3.79. The Hall–Kier alpha value is -3.02. The van der Waals surface area contributed by atoms with Crippen LogP contribution in [-0.2, 0) is 4.79 Å². The third-order valence-electron chi connectivity index (χ3n) is 5.44. The van der Waals surface area contributed by atoms with Gasteiger partial charge in [0.1, 0.15) is 0 Å². The first-order valence-corrected chi connectivity index (χ1v) is 10.6. The minimum absolute atomic E-state index is 0.229. The topological polar surface area (TPSA) is 81.9 Å². The van der Waals surface area contributed by atoms with Crippen molar-refractivity contribution in [3.63, 3.8) is 0 Å². The summed E-state index contributed by atoms with van der Waals surface area (Å²) in [6, 6.07) is 14.9. The molecule has 0 bridgehead atoms. The molecule has 0 radical (unpaired) electrons. The van der Waals surface area contributed by atoms with Crippen LogP contribution in [-0.4, -0.2) is 31.6 Å². The first-order chi connectivity index (χ1) is 14.6. The Labute approximate surface area is 178 Å². The Bertz CT molecular complexity index is 848. The van der Waals surface area contributed by atoms with Crippen LogP contribution in [0.5, 0.6) is 11.5 Å². The molecule has 6 nitrogen and oxygen atoms in total. The monoisotopic (exact) mass is 410 g/mol. The van der Waals surface area contributed by atoms with E-state index in [9.17, 15) is 9.59 Å². The molecule has 2 N–H and O–H groups in total.